The number of phosphoric acid groups is 1. The van der Waals surface area contributed by atoms with E-state index in [-0.39, 0.29) is 36.5 Å². The van der Waals surface area contributed by atoms with Crippen LogP contribution in [0.4, 0.5) is 4.79 Å². The highest BCUT2D eigenvalue weighted by molar-refractivity contribution is 7.47. The van der Waals surface area contributed by atoms with Crippen LogP contribution in [-0.4, -0.2) is 98.9 Å². The summed E-state index contributed by atoms with van der Waals surface area (Å²) >= 11 is 0. The van der Waals surface area contributed by atoms with Crippen LogP contribution in [0.2, 0.25) is 0 Å². The van der Waals surface area contributed by atoms with E-state index in [1.807, 2.05) is 55.4 Å². The van der Waals surface area contributed by atoms with E-state index in [0.29, 0.717) is 38.8 Å². The van der Waals surface area contributed by atoms with Gasteiger partial charge in [0.2, 0.25) is 5.91 Å². The molecule has 0 aliphatic carbocycles. The molecular weight excluding hydrogens is 747 g/mol. The van der Waals surface area contributed by atoms with E-state index < -0.39 is 73.8 Å². The van der Waals surface area contributed by atoms with E-state index in [0.717, 1.165) is 12.8 Å². The zero-order valence-electron chi connectivity index (χ0n) is 37.3. The minimum Gasteiger partial charge on any atom is -0.461 e. The van der Waals surface area contributed by atoms with Gasteiger partial charge in [0, 0.05) is 26.1 Å². The van der Waals surface area contributed by atoms with Gasteiger partial charge in [-0.25, -0.2) is 9.36 Å². The van der Waals surface area contributed by atoms with Crippen molar-refractivity contribution in [3.63, 3.8) is 0 Å². The molecule has 0 radical (unpaired) electrons. The Bertz CT molecular complexity index is 1270. The summed E-state index contributed by atoms with van der Waals surface area (Å²) in [5.41, 5.74) is -3.54. The number of esters is 2. The predicted octanol–water partition coefficient (Wildman–Crippen LogP) is 7.51. The van der Waals surface area contributed by atoms with E-state index in [4.69, 9.17) is 32.7 Å². The second kappa shape index (κ2) is 23.3. The molecule has 15 nitrogen and oxygen atoms in total. The van der Waals surface area contributed by atoms with Gasteiger partial charge in [0.1, 0.15) is 18.8 Å². The smallest absolute Gasteiger partial charge is 0.461 e. The van der Waals surface area contributed by atoms with Gasteiger partial charge in [-0.3, -0.25) is 23.4 Å². The fourth-order valence-electron chi connectivity index (χ4n) is 6.06. The Morgan fingerprint density at radius 1 is 0.679 bits per heavy atom. The number of alkyl carbamates (subject to hydrolysis) is 1. The van der Waals surface area contributed by atoms with Gasteiger partial charge in [-0.05, 0) is 91.9 Å². The number of hydrogen-bond acceptors (Lipinski definition) is 12. The van der Waals surface area contributed by atoms with Gasteiger partial charge in [-0.1, -0.05) is 54.9 Å². The number of hydrogen-bond donors (Lipinski definition) is 3. The number of rotatable bonds is 27. The summed E-state index contributed by atoms with van der Waals surface area (Å²) in [5.74, 6) is -1.26. The molecule has 0 saturated carbocycles. The summed E-state index contributed by atoms with van der Waals surface area (Å²) in [4.78, 5) is 61.0. The highest BCUT2D eigenvalue weighted by Gasteiger charge is 2.38. The van der Waals surface area contributed by atoms with Crippen molar-refractivity contribution in [2.75, 3.05) is 52.7 Å². The van der Waals surface area contributed by atoms with Gasteiger partial charge in [-0.15, -0.1) is 0 Å². The van der Waals surface area contributed by atoms with E-state index in [1.54, 1.807) is 41.5 Å². The van der Waals surface area contributed by atoms with Crippen LogP contribution in [0.15, 0.2) is 0 Å². The molecule has 3 N–H and O–H groups in total. The lowest BCUT2D eigenvalue weighted by molar-refractivity contribution is -0.173. The van der Waals surface area contributed by atoms with Crippen molar-refractivity contribution < 1.29 is 61.4 Å². The zero-order chi connectivity index (χ0) is 43.7. The van der Waals surface area contributed by atoms with Crippen molar-refractivity contribution >= 4 is 31.8 Å². The first-order chi connectivity index (χ1) is 25.3. The predicted molar refractivity (Wildman–Crippen MR) is 215 cm³/mol. The molecular formula is C40H77N2O13P. The van der Waals surface area contributed by atoms with Crippen molar-refractivity contribution in [1.29, 1.82) is 0 Å². The van der Waals surface area contributed by atoms with Crippen LogP contribution in [0, 0.1) is 21.7 Å². The zero-order valence-corrected chi connectivity index (χ0v) is 38.2. The van der Waals surface area contributed by atoms with E-state index in [9.17, 15) is 28.6 Å². The molecule has 0 spiro atoms. The van der Waals surface area contributed by atoms with Crippen molar-refractivity contribution in [3.05, 3.63) is 0 Å². The fraction of sp³-hybridized carbons (Fsp3) is 0.900. The van der Waals surface area contributed by atoms with Gasteiger partial charge in [0.15, 0.2) is 6.10 Å². The number of carbonyl (C=O) groups excluding carboxylic acids is 4. The molecule has 330 valence electrons. The molecule has 0 aromatic rings. The summed E-state index contributed by atoms with van der Waals surface area (Å²) in [6, 6.07) is 0. The van der Waals surface area contributed by atoms with Gasteiger partial charge >= 0.3 is 25.9 Å². The molecule has 0 aliphatic rings. The molecule has 0 aromatic heterocycles. The average Bonchev–Trinajstić information content (AvgIpc) is 2.99. The van der Waals surface area contributed by atoms with Gasteiger partial charge in [0.25, 0.3) is 0 Å². The highest BCUT2D eigenvalue weighted by atomic mass is 31.2. The number of nitrogens with one attached hydrogen (secondary N) is 2. The first kappa shape index (κ1) is 53.7. The molecule has 0 bridgehead atoms. The molecule has 56 heavy (non-hydrogen) atoms. The average molecular weight is 825 g/mol. The first-order valence-electron chi connectivity index (χ1n) is 19.8. The maximum Gasteiger partial charge on any atom is 0.472 e. The highest BCUT2D eigenvalue weighted by Crippen LogP contribution is 2.43. The quantitative estimate of drug-likeness (QED) is 0.0319. The monoisotopic (exact) mass is 825 g/mol. The molecule has 2 unspecified atom stereocenters. The first-order valence-corrected chi connectivity index (χ1v) is 21.3. The third kappa shape index (κ3) is 26.6. The summed E-state index contributed by atoms with van der Waals surface area (Å²) in [7, 11) is -4.70. The Balaban J connectivity index is 5.00. The molecule has 16 heteroatoms. The normalized spacial score (nSPS) is 14.7. The van der Waals surface area contributed by atoms with Crippen LogP contribution in [0.3, 0.4) is 0 Å². The van der Waals surface area contributed by atoms with Gasteiger partial charge in [0.05, 0.1) is 36.3 Å². The lowest BCUT2D eigenvalue weighted by atomic mass is 9.76. The summed E-state index contributed by atoms with van der Waals surface area (Å²) in [6.07, 6.45) is 1.91. The van der Waals surface area contributed by atoms with E-state index in [1.165, 1.54) is 0 Å². The van der Waals surface area contributed by atoms with Crippen LogP contribution in [0.25, 0.3) is 0 Å². The van der Waals surface area contributed by atoms with Crippen molar-refractivity contribution in [2.45, 2.75) is 160 Å². The van der Waals surface area contributed by atoms with Gasteiger partial charge in [-0.2, -0.15) is 0 Å². The third-order valence-electron chi connectivity index (χ3n) is 8.26. The minimum absolute atomic E-state index is 0.0288. The van der Waals surface area contributed by atoms with Crippen molar-refractivity contribution in [3.8, 4) is 0 Å². The third-order valence-corrected chi connectivity index (χ3v) is 9.25. The largest absolute Gasteiger partial charge is 0.472 e. The SMILES string of the molecule is CCCCOCC(=O)NCCC(C)(C)OCCC(C)(C)OC(=O)NCCOP(=O)(O)OCC(COC(=O)C(C)(C)CC(C)(C)C)OC(=O)C(C)(C)CC(C)(C)C. The number of unbranched alkanes of at least 4 members (excludes halogenated alkanes) is 1. The Kier molecular flexibility index (Phi) is 22.4. The lowest BCUT2D eigenvalue weighted by Crippen LogP contribution is -2.39. The number of amides is 2. The Morgan fingerprint density at radius 2 is 1.25 bits per heavy atom. The Labute approximate surface area is 337 Å². The molecule has 0 aromatic carbocycles. The van der Waals surface area contributed by atoms with Crippen LogP contribution < -0.4 is 10.6 Å². The van der Waals surface area contributed by atoms with Crippen LogP contribution in [0.1, 0.15) is 142 Å². The molecule has 0 fully saturated rings. The molecule has 2 amide bonds. The van der Waals surface area contributed by atoms with Crippen LogP contribution in [-0.2, 0) is 51.7 Å². The van der Waals surface area contributed by atoms with E-state index >= 15 is 0 Å². The number of ether oxygens (including phenoxy) is 5. The molecule has 0 saturated heterocycles. The number of phosphoric ester groups is 1. The fourth-order valence-corrected chi connectivity index (χ4v) is 6.82. The standard InChI is InChI=1S/C40H77N2O13P/c1-16-17-22-49-27-31(43)41-20-18-39(12,13)51-23-19-40(14,15)55-34(46)42-21-24-52-56(47,48)53-26-30(54-33(45)38(10,11)29-36(5,6)7)25-50-32(44)37(8,9)28-35(2,3)4/h30H,16-29H2,1-15H3,(H,41,43)(H,42,46)(H,47,48). The maximum absolute atomic E-state index is 13.2. The Morgan fingerprint density at radius 3 is 1.80 bits per heavy atom. The summed E-state index contributed by atoms with van der Waals surface area (Å²) in [5, 5.41) is 5.30. The summed E-state index contributed by atoms with van der Waals surface area (Å²) in [6.45, 7) is 28.1. The summed E-state index contributed by atoms with van der Waals surface area (Å²) < 4.78 is 51.0. The molecule has 0 heterocycles. The number of carbonyl (C=O) groups is 4. The molecule has 0 aliphatic heterocycles. The van der Waals surface area contributed by atoms with Gasteiger partial charge < -0.3 is 39.2 Å². The maximum atomic E-state index is 13.2. The Hall–Kier alpha value is -2.29. The van der Waals surface area contributed by atoms with Crippen LogP contribution in [0.5, 0.6) is 0 Å². The topological polar surface area (TPSA) is 194 Å². The van der Waals surface area contributed by atoms with E-state index in [2.05, 4.69) is 17.6 Å². The van der Waals surface area contributed by atoms with Crippen molar-refractivity contribution in [2.24, 2.45) is 21.7 Å². The second-order valence-electron chi connectivity index (χ2n) is 19.4. The molecule has 0 rings (SSSR count). The molecule has 2 atom stereocenters. The van der Waals surface area contributed by atoms with Crippen LogP contribution >= 0.6 is 7.82 Å². The lowest BCUT2D eigenvalue weighted by Gasteiger charge is -2.33. The van der Waals surface area contributed by atoms with Crippen molar-refractivity contribution in [1.82, 2.24) is 10.6 Å². The minimum atomic E-state index is -4.70. The second-order valence-corrected chi connectivity index (χ2v) is 20.9.